The molecule has 0 N–H and O–H groups in total. The highest BCUT2D eigenvalue weighted by Crippen LogP contribution is 2.38. The second kappa shape index (κ2) is 6.58. The zero-order valence-electron chi connectivity index (χ0n) is 14.7. The van der Waals surface area contributed by atoms with Crippen LogP contribution in [-0.4, -0.2) is 16.6 Å². The molecule has 4 heteroatoms. The largest absolute Gasteiger partial charge is 0.461 e. The fourth-order valence-electron chi connectivity index (χ4n) is 3.72. The Hall–Kier alpha value is -1.84. The first kappa shape index (κ1) is 17.0. The van der Waals surface area contributed by atoms with E-state index in [0.29, 0.717) is 11.3 Å². The van der Waals surface area contributed by atoms with Crippen molar-refractivity contribution in [3.8, 4) is 0 Å². The number of ether oxygens (including phenoxy) is 1. The maximum absolute atomic E-state index is 13.2. The molecule has 1 aromatic carbocycles. The lowest BCUT2D eigenvalue weighted by atomic mass is 9.72. The van der Waals surface area contributed by atoms with E-state index in [2.05, 4.69) is 20.8 Å². The molecule has 1 aromatic heterocycles. The van der Waals surface area contributed by atoms with Crippen LogP contribution in [0.15, 0.2) is 30.5 Å². The first-order chi connectivity index (χ1) is 11.3. The van der Waals surface area contributed by atoms with Gasteiger partial charge in [0.1, 0.15) is 18.5 Å². The summed E-state index contributed by atoms with van der Waals surface area (Å²) < 4.78 is 20.7. The van der Waals surface area contributed by atoms with Crippen molar-refractivity contribution in [3.63, 3.8) is 0 Å². The van der Waals surface area contributed by atoms with Crippen LogP contribution < -0.4 is 0 Å². The number of carbonyl (C=O) groups excluding carboxylic acids is 1. The summed E-state index contributed by atoms with van der Waals surface area (Å²) in [5, 5.41) is 0.800. The maximum Gasteiger partial charge on any atom is 0.326 e. The van der Waals surface area contributed by atoms with Crippen molar-refractivity contribution >= 4 is 16.9 Å². The molecule has 0 bridgehead atoms. The second-order valence-electron chi connectivity index (χ2n) is 7.98. The predicted molar refractivity (Wildman–Crippen MR) is 93.2 cm³/mol. The molecular weight excluding hydrogens is 305 g/mol. The molecule has 1 aliphatic rings. The van der Waals surface area contributed by atoms with E-state index in [-0.39, 0.29) is 24.4 Å². The highest BCUT2D eigenvalue weighted by atomic mass is 19.1. The van der Waals surface area contributed by atoms with Crippen LogP contribution in [0.2, 0.25) is 0 Å². The minimum atomic E-state index is -0.265. The molecule has 2 aromatic rings. The van der Waals surface area contributed by atoms with Crippen LogP contribution in [0.25, 0.3) is 10.9 Å². The van der Waals surface area contributed by atoms with Gasteiger partial charge in [0.05, 0.1) is 0 Å². The number of hydrogen-bond donors (Lipinski definition) is 0. The van der Waals surface area contributed by atoms with Gasteiger partial charge in [-0.05, 0) is 61.3 Å². The summed E-state index contributed by atoms with van der Waals surface area (Å²) in [5.41, 5.74) is 1.18. The van der Waals surface area contributed by atoms with E-state index in [9.17, 15) is 9.18 Å². The average molecular weight is 331 g/mol. The van der Waals surface area contributed by atoms with Crippen LogP contribution in [0.3, 0.4) is 0 Å². The van der Waals surface area contributed by atoms with Gasteiger partial charge in [0.15, 0.2) is 0 Å². The number of fused-ring (bicyclic) bond motifs is 1. The van der Waals surface area contributed by atoms with E-state index in [1.807, 2.05) is 16.8 Å². The van der Waals surface area contributed by atoms with Crippen molar-refractivity contribution in [1.82, 2.24) is 4.57 Å². The molecule has 3 rings (SSSR count). The summed E-state index contributed by atoms with van der Waals surface area (Å²) in [6, 6.07) is 6.41. The van der Waals surface area contributed by atoms with Gasteiger partial charge in [-0.2, -0.15) is 0 Å². The normalized spacial score (nSPS) is 21.8. The molecule has 3 nitrogen and oxygen atoms in total. The van der Waals surface area contributed by atoms with Gasteiger partial charge in [0.2, 0.25) is 0 Å². The Labute approximate surface area is 142 Å². The lowest BCUT2D eigenvalue weighted by molar-refractivity contribution is -0.152. The Morgan fingerprint density at radius 3 is 2.58 bits per heavy atom. The molecule has 1 aliphatic carbocycles. The Bertz CT molecular complexity index is 721. The number of carbonyl (C=O) groups is 1. The Kier molecular flexibility index (Phi) is 4.66. The first-order valence-electron chi connectivity index (χ1n) is 8.77. The summed E-state index contributed by atoms with van der Waals surface area (Å²) >= 11 is 0. The monoisotopic (exact) mass is 331 g/mol. The summed E-state index contributed by atoms with van der Waals surface area (Å²) in [6.45, 7) is 7.02. The standard InChI is InChI=1S/C20H26FNO2/c1-20(2,3)15-4-7-17(8-5-15)24-19(23)13-22-11-10-14-12-16(21)6-9-18(14)22/h6,9-12,15,17H,4-5,7-8,13H2,1-3H3. The van der Waals surface area contributed by atoms with E-state index >= 15 is 0 Å². The molecule has 24 heavy (non-hydrogen) atoms. The van der Waals surface area contributed by atoms with Crippen LogP contribution >= 0.6 is 0 Å². The molecule has 0 amide bonds. The van der Waals surface area contributed by atoms with Gasteiger partial charge in [-0.3, -0.25) is 4.79 Å². The van der Waals surface area contributed by atoms with E-state index in [0.717, 1.165) is 36.6 Å². The van der Waals surface area contributed by atoms with Crippen LogP contribution in [0.4, 0.5) is 4.39 Å². The van der Waals surface area contributed by atoms with Crippen LogP contribution in [0.1, 0.15) is 46.5 Å². The molecule has 1 fully saturated rings. The Balaban J connectivity index is 1.56. The highest BCUT2D eigenvalue weighted by molar-refractivity contribution is 5.82. The van der Waals surface area contributed by atoms with Crippen molar-refractivity contribution < 1.29 is 13.9 Å². The SMILES string of the molecule is CC(C)(C)C1CCC(OC(=O)Cn2ccc3cc(F)ccc32)CC1. The van der Waals surface area contributed by atoms with Gasteiger partial charge < -0.3 is 9.30 Å². The molecule has 1 heterocycles. The van der Waals surface area contributed by atoms with Gasteiger partial charge >= 0.3 is 5.97 Å². The minimum absolute atomic E-state index is 0.0374. The second-order valence-corrected chi connectivity index (χ2v) is 7.98. The fourth-order valence-corrected chi connectivity index (χ4v) is 3.72. The van der Waals surface area contributed by atoms with E-state index in [1.54, 1.807) is 6.07 Å². The van der Waals surface area contributed by atoms with Gasteiger partial charge in [0, 0.05) is 17.1 Å². The van der Waals surface area contributed by atoms with Gasteiger partial charge in [-0.25, -0.2) is 4.39 Å². The third-order valence-corrected chi connectivity index (χ3v) is 5.23. The van der Waals surface area contributed by atoms with Crippen molar-refractivity contribution in [2.75, 3.05) is 0 Å². The third kappa shape index (κ3) is 3.80. The van der Waals surface area contributed by atoms with Gasteiger partial charge in [0.25, 0.3) is 0 Å². The molecule has 0 atom stereocenters. The van der Waals surface area contributed by atoms with Crippen molar-refractivity contribution in [3.05, 3.63) is 36.3 Å². The predicted octanol–water partition coefficient (Wildman–Crippen LogP) is 4.93. The molecule has 0 radical (unpaired) electrons. The summed E-state index contributed by atoms with van der Waals surface area (Å²) in [4.78, 5) is 12.3. The van der Waals surface area contributed by atoms with E-state index in [1.165, 1.54) is 12.1 Å². The lowest BCUT2D eigenvalue weighted by Crippen LogP contribution is -2.31. The summed E-state index contributed by atoms with van der Waals surface area (Å²) in [6.07, 6.45) is 5.98. The zero-order valence-corrected chi connectivity index (χ0v) is 14.7. The number of halogens is 1. The van der Waals surface area contributed by atoms with Crippen molar-refractivity contribution in [2.24, 2.45) is 11.3 Å². The summed E-state index contributed by atoms with van der Waals surface area (Å²) in [7, 11) is 0. The number of esters is 1. The maximum atomic E-state index is 13.2. The number of aromatic nitrogens is 1. The zero-order chi connectivity index (χ0) is 17.3. The van der Waals surface area contributed by atoms with Crippen LogP contribution in [0, 0.1) is 17.2 Å². The number of hydrogen-bond acceptors (Lipinski definition) is 2. The first-order valence-corrected chi connectivity index (χ1v) is 8.77. The molecule has 0 saturated heterocycles. The molecule has 0 unspecified atom stereocenters. The van der Waals surface area contributed by atoms with Crippen LogP contribution in [-0.2, 0) is 16.1 Å². The van der Waals surface area contributed by atoms with Gasteiger partial charge in [-0.1, -0.05) is 20.8 Å². The number of benzene rings is 1. The minimum Gasteiger partial charge on any atom is -0.461 e. The third-order valence-electron chi connectivity index (χ3n) is 5.23. The Morgan fingerprint density at radius 1 is 1.21 bits per heavy atom. The quantitative estimate of drug-likeness (QED) is 0.747. The fraction of sp³-hybridized carbons (Fsp3) is 0.550. The Morgan fingerprint density at radius 2 is 1.92 bits per heavy atom. The van der Waals surface area contributed by atoms with Gasteiger partial charge in [-0.15, -0.1) is 0 Å². The van der Waals surface area contributed by atoms with Crippen LogP contribution in [0.5, 0.6) is 0 Å². The lowest BCUT2D eigenvalue weighted by Gasteiger charge is -2.36. The molecule has 0 spiro atoms. The smallest absolute Gasteiger partial charge is 0.326 e. The highest BCUT2D eigenvalue weighted by Gasteiger charge is 2.31. The van der Waals surface area contributed by atoms with E-state index < -0.39 is 0 Å². The van der Waals surface area contributed by atoms with E-state index in [4.69, 9.17) is 4.74 Å². The average Bonchev–Trinajstić information content (AvgIpc) is 2.89. The molecule has 130 valence electrons. The molecular formula is C20H26FNO2. The van der Waals surface area contributed by atoms with Crippen molar-refractivity contribution in [2.45, 2.75) is 59.1 Å². The molecule has 0 aliphatic heterocycles. The molecule has 1 saturated carbocycles. The number of nitrogens with zero attached hydrogens (tertiary/aromatic N) is 1. The topological polar surface area (TPSA) is 31.2 Å². The van der Waals surface area contributed by atoms with Crippen molar-refractivity contribution in [1.29, 1.82) is 0 Å². The number of rotatable bonds is 3. The summed E-state index contributed by atoms with van der Waals surface area (Å²) in [5.74, 6) is 0.227.